The van der Waals surface area contributed by atoms with E-state index >= 15 is 0 Å². The highest BCUT2D eigenvalue weighted by molar-refractivity contribution is 7.99. The Balaban J connectivity index is 2.56. The summed E-state index contributed by atoms with van der Waals surface area (Å²) in [6.45, 7) is 2.15. The van der Waals surface area contributed by atoms with Crippen molar-refractivity contribution in [1.29, 1.82) is 0 Å². The summed E-state index contributed by atoms with van der Waals surface area (Å²) in [5.74, 6) is 0.0339. The van der Waals surface area contributed by atoms with E-state index in [4.69, 9.17) is 5.11 Å². The Labute approximate surface area is 93.9 Å². The number of carbonyl (C=O) groups is 1. The van der Waals surface area contributed by atoms with Crippen LogP contribution in [0.4, 0.5) is 0 Å². The Bertz CT molecular complexity index is 328. The van der Waals surface area contributed by atoms with Gasteiger partial charge in [0.25, 0.3) is 0 Å². The molecule has 0 unspecified atom stereocenters. The summed E-state index contributed by atoms with van der Waals surface area (Å²) in [7, 11) is 0. The van der Waals surface area contributed by atoms with Crippen molar-refractivity contribution in [2.75, 3.05) is 5.75 Å². The van der Waals surface area contributed by atoms with Crippen LogP contribution in [0.2, 0.25) is 0 Å². The summed E-state index contributed by atoms with van der Waals surface area (Å²) in [6, 6.07) is 3.25. The molecule has 1 aromatic rings. The second-order valence-electron chi connectivity index (χ2n) is 3.22. The topological polar surface area (TPSA) is 50.2 Å². The predicted octanol–water partition coefficient (Wildman–Crippen LogP) is 3.06. The van der Waals surface area contributed by atoms with Crippen LogP contribution < -0.4 is 0 Å². The van der Waals surface area contributed by atoms with Gasteiger partial charge in [-0.3, -0.25) is 0 Å². The predicted molar refractivity (Wildman–Crippen MR) is 61.4 cm³/mol. The van der Waals surface area contributed by atoms with Gasteiger partial charge in [0.05, 0.1) is 5.56 Å². The number of carboxylic acids is 1. The van der Waals surface area contributed by atoms with Crippen LogP contribution in [0.5, 0.6) is 0 Å². The summed E-state index contributed by atoms with van der Waals surface area (Å²) >= 11 is 1.52. The molecule has 0 fully saturated rings. The van der Waals surface area contributed by atoms with Crippen molar-refractivity contribution in [3.63, 3.8) is 0 Å². The smallest absolute Gasteiger partial charge is 0.338 e. The molecule has 0 aromatic carbocycles. The number of rotatable bonds is 6. The summed E-state index contributed by atoms with van der Waals surface area (Å²) in [5, 5.41) is 9.54. The van der Waals surface area contributed by atoms with Crippen LogP contribution in [-0.2, 0) is 0 Å². The molecule has 0 saturated heterocycles. The maximum Gasteiger partial charge on any atom is 0.338 e. The number of hydrogen-bond donors (Lipinski definition) is 1. The zero-order chi connectivity index (χ0) is 11.1. The highest BCUT2D eigenvalue weighted by Crippen LogP contribution is 2.21. The molecule has 0 bridgehead atoms. The maximum atomic E-state index is 10.9. The van der Waals surface area contributed by atoms with E-state index in [-0.39, 0.29) is 0 Å². The molecule has 4 heteroatoms. The fourth-order valence-electron chi connectivity index (χ4n) is 1.19. The molecular formula is C11H15NO2S. The Morgan fingerprint density at radius 3 is 3.00 bits per heavy atom. The van der Waals surface area contributed by atoms with Gasteiger partial charge in [-0.05, 0) is 24.3 Å². The van der Waals surface area contributed by atoms with E-state index in [2.05, 4.69) is 11.9 Å². The van der Waals surface area contributed by atoms with Crippen LogP contribution >= 0.6 is 11.8 Å². The first-order chi connectivity index (χ1) is 7.25. The third-order valence-corrected chi connectivity index (χ3v) is 3.08. The number of thioether (sulfide) groups is 1. The van der Waals surface area contributed by atoms with Crippen molar-refractivity contribution in [1.82, 2.24) is 4.98 Å². The molecule has 82 valence electrons. The van der Waals surface area contributed by atoms with Crippen LogP contribution in [0.15, 0.2) is 23.4 Å². The normalized spacial score (nSPS) is 10.2. The fourth-order valence-corrected chi connectivity index (χ4v) is 2.18. The number of unbranched alkanes of at least 4 members (excludes halogenated alkanes) is 2. The first kappa shape index (κ1) is 12.0. The first-order valence-electron chi connectivity index (χ1n) is 5.06. The van der Waals surface area contributed by atoms with Gasteiger partial charge in [0.1, 0.15) is 5.03 Å². The van der Waals surface area contributed by atoms with E-state index < -0.39 is 5.97 Å². The summed E-state index contributed by atoms with van der Waals surface area (Å²) in [4.78, 5) is 14.9. The number of pyridine rings is 1. The molecule has 1 N–H and O–H groups in total. The Morgan fingerprint density at radius 2 is 2.33 bits per heavy atom. The third kappa shape index (κ3) is 3.91. The number of aromatic nitrogens is 1. The standard InChI is InChI=1S/C11H15NO2S/c1-2-3-4-8-15-10-9(11(13)14)6-5-7-12-10/h5-7H,2-4,8H2,1H3,(H,13,14). The van der Waals surface area contributed by atoms with Gasteiger partial charge in [-0.15, -0.1) is 11.8 Å². The van der Waals surface area contributed by atoms with Gasteiger partial charge < -0.3 is 5.11 Å². The molecule has 0 aliphatic heterocycles. The Morgan fingerprint density at radius 1 is 1.53 bits per heavy atom. The van der Waals surface area contributed by atoms with E-state index in [1.54, 1.807) is 18.3 Å². The molecule has 0 saturated carbocycles. The number of nitrogens with zero attached hydrogens (tertiary/aromatic N) is 1. The highest BCUT2D eigenvalue weighted by atomic mass is 32.2. The third-order valence-electron chi connectivity index (χ3n) is 1.99. The van der Waals surface area contributed by atoms with Gasteiger partial charge in [-0.2, -0.15) is 0 Å². The molecule has 1 heterocycles. The molecule has 15 heavy (non-hydrogen) atoms. The van der Waals surface area contributed by atoms with Gasteiger partial charge in [-0.25, -0.2) is 9.78 Å². The molecule has 0 atom stereocenters. The second kappa shape index (κ2) is 6.45. The van der Waals surface area contributed by atoms with E-state index in [1.165, 1.54) is 24.6 Å². The minimum atomic E-state index is -0.902. The number of aromatic carboxylic acids is 1. The van der Waals surface area contributed by atoms with Crippen molar-refractivity contribution in [3.05, 3.63) is 23.9 Å². The van der Waals surface area contributed by atoms with Crippen LogP contribution in [0.25, 0.3) is 0 Å². The molecule has 0 spiro atoms. The SMILES string of the molecule is CCCCCSc1ncccc1C(=O)O. The lowest BCUT2D eigenvalue weighted by atomic mass is 10.3. The lowest BCUT2D eigenvalue weighted by molar-refractivity contribution is 0.0692. The van der Waals surface area contributed by atoms with Crippen LogP contribution in [0.3, 0.4) is 0 Å². The minimum Gasteiger partial charge on any atom is -0.478 e. The molecule has 1 rings (SSSR count). The largest absolute Gasteiger partial charge is 0.478 e. The van der Waals surface area contributed by atoms with E-state index in [0.717, 1.165) is 12.2 Å². The molecule has 0 amide bonds. The van der Waals surface area contributed by atoms with Crippen molar-refractivity contribution in [3.8, 4) is 0 Å². The van der Waals surface area contributed by atoms with Crippen molar-refractivity contribution < 1.29 is 9.90 Å². The summed E-state index contributed by atoms with van der Waals surface area (Å²) < 4.78 is 0. The monoisotopic (exact) mass is 225 g/mol. The van der Waals surface area contributed by atoms with Gasteiger partial charge >= 0.3 is 5.97 Å². The minimum absolute atomic E-state index is 0.305. The van der Waals surface area contributed by atoms with Crippen LogP contribution in [0.1, 0.15) is 36.5 Å². The number of carboxylic acid groups (broad SMARTS) is 1. The first-order valence-corrected chi connectivity index (χ1v) is 6.05. The average Bonchev–Trinajstić information content (AvgIpc) is 2.25. The summed E-state index contributed by atoms with van der Waals surface area (Å²) in [6.07, 6.45) is 5.10. The lowest BCUT2D eigenvalue weighted by Crippen LogP contribution is -2.00. The van der Waals surface area contributed by atoms with Gasteiger partial charge in [-0.1, -0.05) is 19.8 Å². The molecule has 0 radical (unpaired) electrons. The van der Waals surface area contributed by atoms with Crippen molar-refractivity contribution in [2.24, 2.45) is 0 Å². The molecule has 1 aromatic heterocycles. The molecule has 0 aliphatic carbocycles. The lowest BCUT2D eigenvalue weighted by Gasteiger charge is -2.03. The molecule has 0 aliphatic rings. The van der Waals surface area contributed by atoms with Crippen LogP contribution in [0, 0.1) is 0 Å². The quantitative estimate of drug-likeness (QED) is 0.597. The Hall–Kier alpha value is -1.03. The van der Waals surface area contributed by atoms with Crippen molar-refractivity contribution in [2.45, 2.75) is 31.2 Å². The van der Waals surface area contributed by atoms with Crippen LogP contribution in [-0.4, -0.2) is 21.8 Å². The second-order valence-corrected chi connectivity index (χ2v) is 4.30. The van der Waals surface area contributed by atoms with E-state index in [9.17, 15) is 4.79 Å². The Kier molecular flexibility index (Phi) is 5.18. The highest BCUT2D eigenvalue weighted by Gasteiger charge is 2.10. The van der Waals surface area contributed by atoms with Gasteiger partial charge in [0, 0.05) is 6.20 Å². The van der Waals surface area contributed by atoms with Gasteiger partial charge in [0.2, 0.25) is 0 Å². The zero-order valence-corrected chi connectivity index (χ0v) is 9.59. The molecular weight excluding hydrogens is 210 g/mol. The zero-order valence-electron chi connectivity index (χ0n) is 8.77. The fraction of sp³-hybridized carbons (Fsp3) is 0.455. The average molecular weight is 225 g/mol. The van der Waals surface area contributed by atoms with E-state index in [1.807, 2.05) is 0 Å². The van der Waals surface area contributed by atoms with Gasteiger partial charge in [0.15, 0.2) is 0 Å². The van der Waals surface area contributed by atoms with Crippen molar-refractivity contribution >= 4 is 17.7 Å². The van der Waals surface area contributed by atoms with E-state index in [0.29, 0.717) is 10.6 Å². The molecule has 3 nitrogen and oxygen atoms in total. The number of hydrogen-bond acceptors (Lipinski definition) is 3. The summed E-state index contributed by atoms with van der Waals surface area (Å²) in [5.41, 5.74) is 0.305. The maximum absolute atomic E-state index is 10.9.